The highest BCUT2D eigenvalue weighted by atomic mass is 32.1. The van der Waals surface area contributed by atoms with Crippen molar-refractivity contribution < 1.29 is 27.4 Å². The molecular formula is C18H15F3N2O3S. The van der Waals surface area contributed by atoms with E-state index in [1.54, 1.807) is 25.1 Å². The van der Waals surface area contributed by atoms with Gasteiger partial charge in [0.1, 0.15) is 17.4 Å². The van der Waals surface area contributed by atoms with Crippen molar-refractivity contribution in [2.24, 2.45) is 0 Å². The van der Waals surface area contributed by atoms with Crippen LogP contribution in [0, 0.1) is 6.92 Å². The van der Waals surface area contributed by atoms with Crippen LogP contribution in [0.15, 0.2) is 36.4 Å². The Morgan fingerprint density at radius 1 is 1.22 bits per heavy atom. The lowest BCUT2D eigenvalue weighted by Gasteiger charge is -2.10. The smallest absolute Gasteiger partial charge is 0.416 e. The number of carbonyl (C=O) groups is 1. The van der Waals surface area contributed by atoms with Gasteiger partial charge in [-0.2, -0.15) is 13.2 Å². The number of nitrogens with zero attached hydrogens (tertiary/aromatic N) is 1. The number of aryl methyl sites for hydroxylation is 1. The van der Waals surface area contributed by atoms with Gasteiger partial charge in [0.25, 0.3) is 0 Å². The number of alkyl halides is 3. The molecule has 0 radical (unpaired) electrons. The lowest BCUT2D eigenvalue weighted by molar-refractivity contribution is -0.137. The molecule has 2 aromatic carbocycles. The van der Waals surface area contributed by atoms with Gasteiger partial charge in [-0.25, -0.2) is 9.78 Å². The number of methoxy groups -OCH3 is 1. The number of thiazole rings is 1. The summed E-state index contributed by atoms with van der Waals surface area (Å²) in [7, 11) is 1.28. The Labute approximate surface area is 156 Å². The van der Waals surface area contributed by atoms with Crippen molar-refractivity contribution in [1.82, 2.24) is 4.98 Å². The van der Waals surface area contributed by atoms with Gasteiger partial charge < -0.3 is 9.47 Å². The fourth-order valence-corrected chi connectivity index (χ4v) is 3.25. The normalized spacial score (nSPS) is 11.4. The van der Waals surface area contributed by atoms with E-state index in [-0.39, 0.29) is 6.61 Å². The van der Waals surface area contributed by atoms with Crippen molar-refractivity contribution in [3.05, 3.63) is 52.5 Å². The minimum atomic E-state index is -4.40. The Hall–Kier alpha value is -2.81. The van der Waals surface area contributed by atoms with Crippen molar-refractivity contribution in [2.75, 3.05) is 12.4 Å². The number of amides is 1. The molecule has 9 heteroatoms. The predicted molar refractivity (Wildman–Crippen MR) is 96.2 cm³/mol. The molecule has 0 spiro atoms. The number of nitrogens with one attached hydrogen (secondary N) is 1. The molecule has 3 rings (SSSR count). The number of benzene rings is 2. The highest BCUT2D eigenvalue weighted by Crippen LogP contribution is 2.33. The van der Waals surface area contributed by atoms with Crippen molar-refractivity contribution in [3.63, 3.8) is 0 Å². The minimum absolute atomic E-state index is 0.129. The molecule has 0 atom stereocenters. The van der Waals surface area contributed by atoms with Gasteiger partial charge in [-0.05, 0) is 48.9 Å². The van der Waals surface area contributed by atoms with E-state index < -0.39 is 17.8 Å². The molecule has 0 unspecified atom stereocenters. The predicted octanol–water partition coefficient (Wildman–Crippen LogP) is 5.38. The summed E-state index contributed by atoms with van der Waals surface area (Å²) in [5.41, 5.74) is 0.935. The van der Waals surface area contributed by atoms with Gasteiger partial charge in [-0.15, -0.1) is 11.3 Å². The second-order valence-corrected chi connectivity index (χ2v) is 6.79. The Kier molecular flexibility index (Phi) is 5.22. The van der Waals surface area contributed by atoms with Crippen LogP contribution >= 0.6 is 11.3 Å². The molecule has 0 aliphatic heterocycles. The minimum Gasteiger partial charge on any atom is -0.486 e. The van der Waals surface area contributed by atoms with Crippen LogP contribution < -0.4 is 10.1 Å². The van der Waals surface area contributed by atoms with Crippen LogP contribution in [-0.4, -0.2) is 18.2 Å². The zero-order valence-corrected chi connectivity index (χ0v) is 15.2. The van der Waals surface area contributed by atoms with E-state index in [0.29, 0.717) is 26.7 Å². The Morgan fingerprint density at radius 2 is 2.00 bits per heavy atom. The third-order valence-electron chi connectivity index (χ3n) is 3.74. The molecule has 0 saturated carbocycles. The molecule has 0 fully saturated rings. The number of anilines is 1. The number of carbonyl (C=O) groups excluding carboxylic acids is 1. The lowest BCUT2D eigenvalue weighted by atomic mass is 10.2. The zero-order chi connectivity index (χ0) is 19.6. The number of rotatable bonds is 4. The Balaban J connectivity index is 1.71. The maximum Gasteiger partial charge on any atom is 0.416 e. The molecule has 0 aliphatic rings. The molecule has 1 amide bonds. The zero-order valence-electron chi connectivity index (χ0n) is 14.4. The van der Waals surface area contributed by atoms with Crippen LogP contribution in [0.1, 0.15) is 16.1 Å². The summed E-state index contributed by atoms with van der Waals surface area (Å²) in [5, 5.41) is 3.15. The molecule has 1 N–H and O–H groups in total. The summed E-state index contributed by atoms with van der Waals surface area (Å²) in [4.78, 5) is 15.5. The summed E-state index contributed by atoms with van der Waals surface area (Å²) in [5.74, 6) is 0.554. The first-order valence-corrected chi connectivity index (χ1v) is 8.63. The van der Waals surface area contributed by atoms with Crippen LogP contribution in [0.2, 0.25) is 0 Å². The van der Waals surface area contributed by atoms with Gasteiger partial charge in [-0.3, -0.25) is 5.32 Å². The Bertz CT molecular complexity index is 986. The molecule has 142 valence electrons. The molecule has 1 heterocycles. The quantitative estimate of drug-likeness (QED) is 0.643. The highest BCUT2D eigenvalue weighted by molar-refractivity contribution is 7.18. The molecule has 27 heavy (non-hydrogen) atoms. The number of ether oxygens (including phenoxy) is 2. The van der Waals surface area contributed by atoms with Gasteiger partial charge >= 0.3 is 12.3 Å². The fourth-order valence-electron chi connectivity index (χ4n) is 2.39. The molecular weight excluding hydrogens is 381 g/mol. The van der Waals surface area contributed by atoms with Crippen molar-refractivity contribution in [3.8, 4) is 5.75 Å². The number of hydrogen-bond acceptors (Lipinski definition) is 5. The third-order valence-corrected chi connectivity index (χ3v) is 4.75. The van der Waals surface area contributed by atoms with E-state index in [1.165, 1.54) is 24.5 Å². The molecule has 5 nitrogen and oxygen atoms in total. The molecule has 0 saturated heterocycles. The van der Waals surface area contributed by atoms with Gasteiger partial charge in [0.15, 0.2) is 0 Å². The summed E-state index contributed by atoms with van der Waals surface area (Å²) < 4.78 is 49.2. The molecule has 0 aliphatic carbocycles. The summed E-state index contributed by atoms with van der Waals surface area (Å²) in [6, 6.07) is 8.58. The van der Waals surface area contributed by atoms with E-state index in [4.69, 9.17) is 4.74 Å². The van der Waals surface area contributed by atoms with Crippen LogP contribution in [0.5, 0.6) is 5.75 Å². The first-order valence-electron chi connectivity index (χ1n) is 7.81. The van der Waals surface area contributed by atoms with Crippen LogP contribution in [0.3, 0.4) is 0 Å². The van der Waals surface area contributed by atoms with Gasteiger partial charge in [0.2, 0.25) is 0 Å². The second kappa shape index (κ2) is 7.43. The SMILES string of the molecule is COC(=O)Nc1ccc(OCc2nc3cc(C(F)(F)F)ccc3s2)cc1C. The maximum absolute atomic E-state index is 12.8. The average molecular weight is 396 g/mol. The van der Waals surface area contributed by atoms with Crippen LogP contribution in [-0.2, 0) is 17.5 Å². The largest absolute Gasteiger partial charge is 0.486 e. The van der Waals surface area contributed by atoms with Crippen LogP contribution in [0.25, 0.3) is 10.2 Å². The van der Waals surface area contributed by atoms with Crippen molar-refractivity contribution in [1.29, 1.82) is 0 Å². The number of hydrogen-bond donors (Lipinski definition) is 1. The van der Waals surface area contributed by atoms with E-state index >= 15 is 0 Å². The lowest BCUT2D eigenvalue weighted by Crippen LogP contribution is -2.11. The topological polar surface area (TPSA) is 60.5 Å². The second-order valence-electron chi connectivity index (χ2n) is 5.67. The van der Waals surface area contributed by atoms with Crippen molar-refractivity contribution >= 4 is 33.3 Å². The third kappa shape index (κ3) is 4.48. The van der Waals surface area contributed by atoms with Gasteiger partial charge in [0, 0.05) is 5.69 Å². The van der Waals surface area contributed by atoms with E-state index in [0.717, 1.165) is 17.7 Å². The first kappa shape index (κ1) is 19.0. The standard InChI is InChI=1S/C18H15F3N2O3S/c1-10-7-12(4-5-13(10)23-17(24)25-2)26-9-16-22-14-8-11(18(19,20)21)3-6-15(14)27-16/h3-8H,9H2,1-2H3,(H,23,24). The monoisotopic (exact) mass is 396 g/mol. The Morgan fingerprint density at radius 3 is 2.67 bits per heavy atom. The summed E-state index contributed by atoms with van der Waals surface area (Å²) in [6.07, 6.45) is -4.97. The van der Waals surface area contributed by atoms with Crippen LogP contribution in [0.4, 0.5) is 23.7 Å². The molecule has 0 bridgehead atoms. The highest BCUT2D eigenvalue weighted by Gasteiger charge is 2.30. The van der Waals surface area contributed by atoms with E-state index in [9.17, 15) is 18.0 Å². The first-order chi connectivity index (χ1) is 12.8. The molecule has 1 aromatic heterocycles. The summed E-state index contributed by atoms with van der Waals surface area (Å²) in [6.45, 7) is 1.93. The van der Waals surface area contributed by atoms with Gasteiger partial charge in [0.05, 0.1) is 22.9 Å². The maximum atomic E-state index is 12.8. The van der Waals surface area contributed by atoms with E-state index in [2.05, 4.69) is 15.0 Å². The summed E-state index contributed by atoms with van der Waals surface area (Å²) >= 11 is 1.28. The number of aromatic nitrogens is 1. The van der Waals surface area contributed by atoms with E-state index in [1.807, 2.05) is 0 Å². The number of halogens is 3. The fraction of sp³-hybridized carbons (Fsp3) is 0.222. The van der Waals surface area contributed by atoms with Crippen molar-refractivity contribution in [2.45, 2.75) is 19.7 Å². The van der Waals surface area contributed by atoms with Gasteiger partial charge in [-0.1, -0.05) is 0 Å². The molecule has 3 aromatic rings. The number of fused-ring (bicyclic) bond motifs is 1. The average Bonchev–Trinajstić information content (AvgIpc) is 3.03.